The number of hydrogen-bond donors (Lipinski definition) is 0. The van der Waals surface area contributed by atoms with Gasteiger partial charge in [-0.15, -0.1) is 0 Å². The van der Waals surface area contributed by atoms with E-state index in [1.165, 1.54) is 0 Å². The van der Waals surface area contributed by atoms with Gasteiger partial charge in [0.1, 0.15) is 30.8 Å². The van der Waals surface area contributed by atoms with E-state index in [1.807, 2.05) is 27.8 Å². The minimum absolute atomic E-state index is 0.104. The molecule has 2 aliphatic rings. The highest BCUT2D eigenvalue weighted by atomic mass is 16.5. The van der Waals surface area contributed by atoms with Crippen LogP contribution in [0, 0.1) is 5.92 Å². The molecule has 3 heterocycles. The number of benzene rings is 1. The Balaban J connectivity index is 1.28. The first kappa shape index (κ1) is 17.8. The number of aromatic nitrogens is 3. The summed E-state index contributed by atoms with van der Waals surface area (Å²) in [5.41, 5.74) is 1.08. The minimum Gasteiger partial charge on any atom is -0.497 e. The number of methoxy groups -OCH3 is 1. The molecular weight excluding hydrogens is 346 g/mol. The highest BCUT2D eigenvalue weighted by molar-refractivity contribution is 5.80. The van der Waals surface area contributed by atoms with E-state index in [2.05, 4.69) is 15.0 Å². The highest BCUT2D eigenvalue weighted by Crippen LogP contribution is 2.31. The Morgan fingerprint density at radius 3 is 2.85 bits per heavy atom. The van der Waals surface area contributed by atoms with E-state index in [0.717, 1.165) is 62.8 Å². The Bertz CT molecular complexity index is 772. The molecule has 1 amide bonds. The summed E-state index contributed by atoms with van der Waals surface area (Å²) in [7, 11) is 1.64. The number of ether oxygens (including phenoxy) is 2. The monoisotopic (exact) mass is 371 g/mol. The molecule has 1 aromatic heterocycles. The van der Waals surface area contributed by atoms with Crippen LogP contribution >= 0.6 is 0 Å². The molecule has 0 bridgehead atoms. The first-order valence-electron chi connectivity index (χ1n) is 9.36. The van der Waals surface area contributed by atoms with Gasteiger partial charge >= 0.3 is 0 Å². The van der Waals surface area contributed by atoms with E-state index >= 15 is 0 Å². The van der Waals surface area contributed by atoms with Crippen molar-refractivity contribution < 1.29 is 14.3 Å². The van der Waals surface area contributed by atoms with Crippen LogP contribution in [0.3, 0.4) is 0 Å². The summed E-state index contributed by atoms with van der Waals surface area (Å²) < 4.78 is 12.9. The summed E-state index contributed by atoms with van der Waals surface area (Å²) in [6.45, 7) is 5.50. The summed E-state index contributed by atoms with van der Waals surface area (Å²) in [6.07, 6.45) is 4.01. The molecule has 2 aliphatic heterocycles. The lowest BCUT2D eigenvalue weighted by atomic mass is 9.95. The van der Waals surface area contributed by atoms with E-state index in [0.29, 0.717) is 6.61 Å². The van der Waals surface area contributed by atoms with E-state index in [1.54, 1.807) is 19.8 Å². The molecule has 8 nitrogen and oxygen atoms in total. The van der Waals surface area contributed by atoms with Crippen LogP contribution in [0.5, 0.6) is 11.5 Å². The maximum Gasteiger partial charge on any atom is 0.229 e. The third kappa shape index (κ3) is 4.05. The second-order valence-electron chi connectivity index (χ2n) is 7.01. The Kier molecular flexibility index (Phi) is 5.24. The maximum absolute atomic E-state index is 12.9. The quantitative estimate of drug-likeness (QED) is 0.770. The van der Waals surface area contributed by atoms with Gasteiger partial charge in [-0.1, -0.05) is 6.07 Å². The molecule has 0 spiro atoms. The number of nitrogens with zero attached hydrogens (tertiary/aromatic N) is 5. The number of carbonyl (C=O) groups excluding carboxylic acids is 1. The van der Waals surface area contributed by atoms with Crippen molar-refractivity contribution in [1.82, 2.24) is 24.6 Å². The Morgan fingerprint density at radius 1 is 1.26 bits per heavy atom. The molecule has 27 heavy (non-hydrogen) atoms. The molecule has 0 aliphatic carbocycles. The average molecular weight is 371 g/mol. The normalized spacial score (nSPS) is 20.0. The van der Waals surface area contributed by atoms with Crippen molar-refractivity contribution in [2.75, 3.05) is 46.4 Å². The van der Waals surface area contributed by atoms with Gasteiger partial charge in [-0.3, -0.25) is 14.4 Å². The first-order valence-corrected chi connectivity index (χ1v) is 9.36. The van der Waals surface area contributed by atoms with Crippen molar-refractivity contribution in [3.8, 4) is 11.5 Å². The van der Waals surface area contributed by atoms with Gasteiger partial charge in [0.15, 0.2) is 0 Å². The number of fused-ring (bicyclic) bond motifs is 1. The third-order valence-corrected chi connectivity index (χ3v) is 5.33. The Morgan fingerprint density at radius 2 is 2.11 bits per heavy atom. The van der Waals surface area contributed by atoms with Crippen LogP contribution in [0.2, 0.25) is 0 Å². The highest BCUT2D eigenvalue weighted by Gasteiger charge is 2.31. The molecule has 0 N–H and O–H groups in total. The fraction of sp³-hybridized carbons (Fsp3) is 0.526. The van der Waals surface area contributed by atoms with Gasteiger partial charge in [-0.2, -0.15) is 5.10 Å². The van der Waals surface area contributed by atoms with Gasteiger partial charge in [0, 0.05) is 38.8 Å². The molecule has 0 saturated carbocycles. The standard InChI is InChI=1S/C19H25N5O3/c1-26-17-3-2-15-10-16(12-27-18(15)11-17)19(25)23-7-4-22(5-8-23)6-9-24-14-20-13-21-24/h2-3,11,13-14,16H,4-10,12H2,1H3. The SMILES string of the molecule is COc1ccc2c(c1)OCC(C(=O)N1CCN(CCn3cncn3)CC1)C2. The van der Waals surface area contributed by atoms with Crippen molar-refractivity contribution in [3.05, 3.63) is 36.4 Å². The largest absolute Gasteiger partial charge is 0.497 e. The van der Waals surface area contributed by atoms with Crippen LogP contribution in [0.25, 0.3) is 0 Å². The van der Waals surface area contributed by atoms with Crippen molar-refractivity contribution in [3.63, 3.8) is 0 Å². The predicted molar refractivity (Wildman–Crippen MR) is 98.7 cm³/mol. The van der Waals surface area contributed by atoms with Crippen molar-refractivity contribution in [2.45, 2.75) is 13.0 Å². The van der Waals surface area contributed by atoms with Crippen LogP contribution in [-0.2, 0) is 17.8 Å². The maximum atomic E-state index is 12.9. The summed E-state index contributed by atoms with van der Waals surface area (Å²) in [5.74, 6) is 1.71. The van der Waals surface area contributed by atoms with Crippen LogP contribution in [-0.4, -0.2) is 76.9 Å². The topological polar surface area (TPSA) is 72.7 Å². The first-order chi connectivity index (χ1) is 13.2. The molecule has 8 heteroatoms. The van der Waals surface area contributed by atoms with Crippen molar-refractivity contribution >= 4 is 5.91 Å². The van der Waals surface area contributed by atoms with E-state index < -0.39 is 0 Å². The summed E-state index contributed by atoms with van der Waals surface area (Å²) in [4.78, 5) is 21.2. The van der Waals surface area contributed by atoms with Crippen LogP contribution in [0.15, 0.2) is 30.9 Å². The van der Waals surface area contributed by atoms with Crippen molar-refractivity contribution in [2.24, 2.45) is 5.92 Å². The number of piperazine rings is 1. The number of amides is 1. The lowest BCUT2D eigenvalue weighted by Gasteiger charge is -2.37. The molecule has 2 aromatic rings. The average Bonchev–Trinajstić information content (AvgIpc) is 3.25. The molecule has 1 atom stereocenters. The van der Waals surface area contributed by atoms with Crippen LogP contribution in [0.4, 0.5) is 0 Å². The van der Waals surface area contributed by atoms with Crippen LogP contribution in [0.1, 0.15) is 5.56 Å². The lowest BCUT2D eigenvalue weighted by molar-refractivity contribution is -0.138. The zero-order chi connectivity index (χ0) is 18.6. The van der Waals surface area contributed by atoms with Gasteiger partial charge in [-0.25, -0.2) is 4.98 Å². The second kappa shape index (κ2) is 7.96. The Labute approximate surface area is 158 Å². The molecule has 1 saturated heterocycles. The smallest absolute Gasteiger partial charge is 0.229 e. The van der Waals surface area contributed by atoms with Crippen molar-refractivity contribution in [1.29, 1.82) is 0 Å². The fourth-order valence-corrected chi connectivity index (χ4v) is 3.68. The fourth-order valence-electron chi connectivity index (χ4n) is 3.68. The minimum atomic E-state index is -0.104. The summed E-state index contributed by atoms with van der Waals surface area (Å²) in [6, 6.07) is 5.81. The van der Waals surface area contributed by atoms with Gasteiger partial charge in [0.05, 0.1) is 19.6 Å². The van der Waals surface area contributed by atoms with Gasteiger partial charge in [0.2, 0.25) is 5.91 Å². The number of carbonyl (C=O) groups is 1. The Hall–Kier alpha value is -2.61. The van der Waals surface area contributed by atoms with Gasteiger partial charge in [0.25, 0.3) is 0 Å². The van der Waals surface area contributed by atoms with Gasteiger partial charge in [-0.05, 0) is 18.1 Å². The second-order valence-corrected chi connectivity index (χ2v) is 7.01. The predicted octanol–water partition coefficient (Wildman–Crippen LogP) is 0.682. The molecule has 1 fully saturated rings. The van der Waals surface area contributed by atoms with E-state index in [-0.39, 0.29) is 11.8 Å². The molecular formula is C19H25N5O3. The molecule has 0 radical (unpaired) electrons. The number of rotatable bonds is 5. The zero-order valence-electron chi connectivity index (χ0n) is 15.6. The van der Waals surface area contributed by atoms with E-state index in [9.17, 15) is 4.79 Å². The summed E-state index contributed by atoms with van der Waals surface area (Å²) >= 11 is 0. The van der Waals surface area contributed by atoms with E-state index in [4.69, 9.17) is 9.47 Å². The third-order valence-electron chi connectivity index (χ3n) is 5.33. The van der Waals surface area contributed by atoms with Gasteiger partial charge < -0.3 is 14.4 Å². The van der Waals surface area contributed by atoms with Crippen LogP contribution < -0.4 is 9.47 Å². The molecule has 1 unspecified atom stereocenters. The molecule has 1 aromatic carbocycles. The molecule has 144 valence electrons. The molecule has 4 rings (SSSR count). The summed E-state index contributed by atoms with van der Waals surface area (Å²) in [5, 5.41) is 4.13. The number of hydrogen-bond acceptors (Lipinski definition) is 6. The lowest BCUT2D eigenvalue weighted by Crippen LogP contribution is -2.52. The zero-order valence-corrected chi connectivity index (χ0v) is 15.6.